The van der Waals surface area contributed by atoms with Crippen LogP contribution in [0.3, 0.4) is 0 Å². The van der Waals surface area contributed by atoms with Gasteiger partial charge in [-0.25, -0.2) is 0 Å². The fraction of sp³-hybridized carbons (Fsp3) is 0.200. The molecule has 4 rings (SSSR count). The second-order valence-electron chi connectivity index (χ2n) is 7.15. The molecule has 3 N–H and O–H groups in total. The number of benzene rings is 3. The van der Waals surface area contributed by atoms with Crippen molar-refractivity contribution in [3.05, 3.63) is 95.1 Å². The van der Waals surface area contributed by atoms with E-state index in [9.17, 15) is 0 Å². The molecule has 0 aromatic heterocycles. The average Bonchev–Trinajstić information content (AvgIpc) is 2.77. The van der Waals surface area contributed by atoms with Crippen LogP contribution in [0.2, 0.25) is 0 Å². The Labute approximate surface area is 172 Å². The molecule has 3 aromatic rings. The molecule has 0 radical (unpaired) electrons. The summed E-state index contributed by atoms with van der Waals surface area (Å²) in [4.78, 5) is 0. The molecule has 29 heavy (non-hydrogen) atoms. The summed E-state index contributed by atoms with van der Waals surface area (Å²) in [5.41, 5.74) is 11.5. The summed E-state index contributed by atoms with van der Waals surface area (Å²) in [7, 11) is 1.68. The van der Waals surface area contributed by atoms with Crippen LogP contribution >= 0.6 is 0 Å². The molecule has 0 spiro atoms. The minimum absolute atomic E-state index is 0.107. The van der Waals surface area contributed by atoms with Gasteiger partial charge in [-0.2, -0.15) is 0 Å². The van der Waals surface area contributed by atoms with E-state index in [1.807, 2.05) is 42.5 Å². The number of ether oxygens (including phenoxy) is 2. The van der Waals surface area contributed by atoms with Crippen LogP contribution in [-0.2, 0) is 13.0 Å². The maximum atomic E-state index is 6.08. The van der Waals surface area contributed by atoms with Crippen molar-refractivity contribution in [2.75, 3.05) is 19.4 Å². The van der Waals surface area contributed by atoms with E-state index in [1.54, 1.807) is 7.11 Å². The summed E-state index contributed by atoms with van der Waals surface area (Å²) in [6.07, 6.45) is 5.20. The Kier molecular flexibility index (Phi) is 5.82. The minimum atomic E-state index is 0.107. The summed E-state index contributed by atoms with van der Waals surface area (Å²) in [5.74, 6) is 1.54. The number of hydrogen-bond acceptors (Lipinski definition) is 4. The van der Waals surface area contributed by atoms with Crippen molar-refractivity contribution in [3.63, 3.8) is 0 Å². The molecule has 0 saturated carbocycles. The SMILES string of the molecule is COc1cc2c(cc1OCc1ccccc1)CCNC2C=Cc1ccccc1N. The lowest BCUT2D eigenvalue weighted by atomic mass is 9.93. The van der Waals surface area contributed by atoms with E-state index in [0.29, 0.717) is 6.61 Å². The van der Waals surface area contributed by atoms with Crippen molar-refractivity contribution in [3.8, 4) is 11.5 Å². The molecule has 1 atom stereocenters. The summed E-state index contributed by atoms with van der Waals surface area (Å²) >= 11 is 0. The maximum absolute atomic E-state index is 6.08. The van der Waals surface area contributed by atoms with Crippen molar-refractivity contribution in [1.29, 1.82) is 0 Å². The Morgan fingerprint density at radius 1 is 1.03 bits per heavy atom. The number of nitrogens with one attached hydrogen (secondary N) is 1. The van der Waals surface area contributed by atoms with Gasteiger partial charge in [0, 0.05) is 12.2 Å². The largest absolute Gasteiger partial charge is 0.493 e. The van der Waals surface area contributed by atoms with Gasteiger partial charge in [-0.15, -0.1) is 0 Å². The zero-order chi connectivity index (χ0) is 20.1. The first-order valence-electron chi connectivity index (χ1n) is 9.88. The molecule has 148 valence electrons. The Bertz CT molecular complexity index is 999. The third-order valence-electron chi connectivity index (χ3n) is 5.22. The summed E-state index contributed by atoms with van der Waals surface area (Å²) < 4.78 is 11.7. The molecule has 4 nitrogen and oxygen atoms in total. The first-order chi connectivity index (χ1) is 14.2. The number of nitrogens with two attached hydrogens (primary N) is 1. The van der Waals surface area contributed by atoms with Gasteiger partial charge in [-0.05, 0) is 46.9 Å². The van der Waals surface area contributed by atoms with Crippen LogP contribution in [0.1, 0.15) is 28.3 Å². The summed E-state index contributed by atoms with van der Waals surface area (Å²) in [6, 6.07) is 22.4. The lowest BCUT2D eigenvalue weighted by Crippen LogP contribution is -2.28. The van der Waals surface area contributed by atoms with Gasteiger partial charge in [-0.1, -0.05) is 60.7 Å². The van der Waals surface area contributed by atoms with Gasteiger partial charge in [0.1, 0.15) is 6.61 Å². The van der Waals surface area contributed by atoms with Gasteiger partial charge in [0.2, 0.25) is 0 Å². The third kappa shape index (κ3) is 4.44. The summed E-state index contributed by atoms with van der Waals surface area (Å²) in [5, 5.41) is 3.57. The number of anilines is 1. The summed E-state index contributed by atoms with van der Waals surface area (Å²) in [6.45, 7) is 1.43. The average molecular weight is 386 g/mol. The molecule has 4 heteroatoms. The van der Waals surface area contributed by atoms with Crippen LogP contribution in [0.15, 0.2) is 72.8 Å². The van der Waals surface area contributed by atoms with Crippen LogP contribution in [0.25, 0.3) is 6.08 Å². The smallest absolute Gasteiger partial charge is 0.161 e. The molecule has 1 aliphatic heterocycles. The molecule has 0 saturated heterocycles. The van der Waals surface area contributed by atoms with Crippen LogP contribution in [0.5, 0.6) is 11.5 Å². The van der Waals surface area contributed by atoms with E-state index >= 15 is 0 Å². The molecule has 0 aliphatic carbocycles. The van der Waals surface area contributed by atoms with E-state index in [-0.39, 0.29) is 6.04 Å². The van der Waals surface area contributed by atoms with E-state index in [1.165, 1.54) is 11.1 Å². The van der Waals surface area contributed by atoms with Gasteiger partial charge < -0.3 is 20.5 Å². The van der Waals surface area contributed by atoms with E-state index in [2.05, 4.69) is 41.7 Å². The number of nitrogen functional groups attached to an aromatic ring is 1. The minimum Gasteiger partial charge on any atom is -0.493 e. The van der Waals surface area contributed by atoms with Crippen LogP contribution < -0.4 is 20.5 Å². The highest BCUT2D eigenvalue weighted by molar-refractivity contribution is 5.65. The Morgan fingerprint density at radius 3 is 2.62 bits per heavy atom. The fourth-order valence-corrected chi connectivity index (χ4v) is 3.64. The van der Waals surface area contributed by atoms with Gasteiger partial charge in [0.05, 0.1) is 13.2 Å². The van der Waals surface area contributed by atoms with E-state index in [4.69, 9.17) is 15.2 Å². The maximum Gasteiger partial charge on any atom is 0.161 e. The standard InChI is InChI=1S/C25H26N2O2/c1-28-24-16-21-20(15-25(24)29-17-18-7-3-2-4-8-18)13-14-27-23(21)12-11-19-9-5-6-10-22(19)26/h2-12,15-16,23,27H,13-14,17,26H2,1H3. The highest BCUT2D eigenvalue weighted by Crippen LogP contribution is 2.36. The van der Waals surface area contributed by atoms with E-state index < -0.39 is 0 Å². The second kappa shape index (κ2) is 8.84. The molecule has 1 aliphatic rings. The highest BCUT2D eigenvalue weighted by atomic mass is 16.5. The number of fused-ring (bicyclic) bond motifs is 1. The quantitative estimate of drug-likeness (QED) is 0.600. The number of hydrogen-bond donors (Lipinski definition) is 2. The van der Waals surface area contributed by atoms with E-state index in [0.717, 1.165) is 41.3 Å². The molecule has 0 amide bonds. The molecule has 3 aromatic carbocycles. The molecule has 0 fully saturated rings. The predicted octanol–water partition coefficient (Wildman–Crippen LogP) is 4.76. The second-order valence-corrected chi connectivity index (χ2v) is 7.15. The first-order valence-corrected chi connectivity index (χ1v) is 9.88. The molecule has 1 heterocycles. The van der Waals surface area contributed by atoms with Crippen molar-refractivity contribution in [1.82, 2.24) is 5.32 Å². The Hall–Kier alpha value is -3.24. The van der Waals surface area contributed by atoms with Crippen molar-refractivity contribution < 1.29 is 9.47 Å². The lowest BCUT2D eigenvalue weighted by Gasteiger charge is -2.26. The topological polar surface area (TPSA) is 56.5 Å². The molecular formula is C25H26N2O2. The van der Waals surface area contributed by atoms with Gasteiger partial charge in [-0.3, -0.25) is 0 Å². The third-order valence-corrected chi connectivity index (χ3v) is 5.22. The zero-order valence-corrected chi connectivity index (χ0v) is 16.6. The molecular weight excluding hydrogens is 360 g/mol. The van der Waals surface area contributed by atoms with Gasteiger partial charge in [0.15, 0.2) is 11.5 Å². The predicted molar refractivity (Wildman–Crippen MR) is 118 cm³/mol. The molecule has 1 unspecified atom stereocenters. The normalized spacial score (nSPS) is 15.8. The van der Waals surface area contributed by atoms with Crippen molar-refractivity contribution >= 4 is 11.8 Å². The monoisotopic (exact) mass is 386 g/mol. The number of para-hydroxylation sites is 1. The van der Waals surface area contributed by atoms with Gasteiger partial charge in [0.25, 0.3) is 0 Å². The number of rotatable bonds is 6. The lowest BCUT2D eigenvalue weighted by molar-refractivity contribution is 0.283. The van der Waals surface area contributed by atoms with Crippen LogP contribution in [-0.4, -0.2) is 13.7 Å². The van der Waals surface area contributed by atoms with Crippen molar-refractivity contribution in [2.24, 2.45) is 0 Å². The number of methoxy groups -OCH3 is 1. The zero-order valence-electron chi connectivity index (χ0n) is 16.6. The Morgan fingerprint density at radius 2 is 1.83 bits per heavy atom. The van der Waals surface area contributed by atoms with Crippen molar-refractivity contribution in [2.45, 2.75) is 19.1 Å². The highest BCUT2D eigenvalue weighted by Gasteiger charge is 2.21. The molecule has 0 bridgehead atoms. The Balaban J connectivity index is 1.58. The fourth-order valence-electron chi connectivity index (χ4n) is 3.64. The van der Waals surface area contributed by atoms with Crippen LogP contribution in [0, 0.1) is 0 Å². The first kappa shape index (κ1) is 19.1. The van der Waals surface area contributed by atoms with Crippen LogP contribution in [0.4, 0.5) is 5.69 Å². The van der Waals surface area contributed by atoms with Gasteiger partial charge >= 0.3 is 0 Å².